The van der Waals surface area contributed by atoms with Crippen LogP contribution in [0.3, 0.4) is 0 Å². The molecule has 0 N–H and O–H groups in total. The predicted molar refractivity (Wildman–Crippen MR) is 105 cm³/mol. The molecule has 0 atom stereocenters. The molecular weight excluding hydrogens is 392 g/mol. The van der Waals surface area contributed by atoms with E-state index in [9.17, 15) is 10.1 Å². The minimum absolute atomic E-state index is 0.0199. The van der Waals surface area contributed by atoms with Gasteiger partial charge in [0, 0.05) is 33.1 Å². The highest BCUT2D eigenvalue weighted by molar-refractivity contribution is 7.99. The maximum absolute atomic E-state index is 12.6. The second-order valence-electron chi connectivity index (χ2n) is 6.36. The normalized spacial score (nSPS) is 14.1. The highest BCUT2D eigenvalue weighted by atomic mass is 32.2. The Balaban J connectivity index is 1.33. The van der Waals surface area contributed by atoms with Crippen LogP contribution in [0.2, 0.25) is 0 Å². The summed E-state index contributed by atoms with van der Waals surface area (Å²) < 4.78 is 7.17. The van der Waals surface area contributed by atoms with Crippen LogP contribution in [0.15, 0.2) is 39.9 Å². The van der Waals surface area contributed by atoms with E-state index in [2.05, 4.69) is 26.6 Å². The molecule has 10 nitrogen and oxygen atoms in total. The van der Waals surface area contributed by atoms with Gasteiger partial charge in [0.05, 0.1) is 11.4 Å². The van der Waals surface area contributed by atoms with Crippen LogP contribution in [0.4, 0.5) is 5.88 Å². The summed E-state index contributed by atoms with van der Waals surface area (Å²) in [5.41, 5.74) is 1.13. The van der Waals surface area contributed by atoms with E-state index < -0.39 is 0 Å². The van der Waals surface area contributed by atoms with Crippen LogP contribution in [-0.4, -0.2) is 67.9 Å². The van der Waals surface area contributed by atoms with Crippen LogP contribution >= 0.6 is 11.8 Å². The number of hydrogen-bond acceptors (Lipinski definition) is 9. The SMILES string of the molecule is Cc1nc(C#N)c(N2CCN(C(=O)CSc3nnnn3-c3ccccc3)CC2)o1. The van der Waals surface area contributed by atoms with Crippen LogP contribution in [0.5, 0.6) is 0 Å². The van der Waals surface area contributed by atoms with Crippen molar-refractivity contribution >= 4 is 23.6 Å². The molecule has 0 spiro atoms. The van der Waals surface area contributed by atoms with E-state index in [1.165, 1.54) is 11.8 Å². The lowest BCUT2D eigenvalue weighted by Crippen LogP contribution is -2.49. The highest BCUT2D eigenvalue weighted by Crippen LogP contribution is 2.23. The van der Waals surface area contributed by atoms with Gasteiger partial charge in [-0.1, -0.05) is 30.0 Å². The van der Waals surface area contributed by atoms with E-state index in [0.717, 1.165) is 5.69 Å². The topological polar surface area (TPSA) is 117 Å². The Kier molecular flexibility index (Phi) is 5.44. The van der Waals surface area contributed by atoms with Gasteiger partial charge in [0.2, 0.25) is 22.6 Å². The number of oxazole rings is 1. The van der Waals surface area contributed by atoms with Gasteiger partial charge in [-0.15, -0.1) is 5.10 Å². The van der Waals surface area contributed by atoms with Crippen molar-refractivity contribution in [1.82, 2.24) is 30.1 Å². The molecule has 0 unspecified atom stereocenters. The zero-order valence-electron chi connectivity index (χ0n) is 15.7. The van der Waals surface area contributed by atoms with E-state index in [0.29, 0.717) is 43.1 Å². The van der Waals surface area contributed by atoms with Crippen molar-refractivity contribution in [2.45, 2.75) is 12.1 Å². The average Bonchev–Trinajstić information content (AvgIpc) is 3.39. The number of piperazine rings is 1. The van der Waals surface area contributed by atoms with Crippen molar-refractivity contribution in [3.63, 3.8) is 0 Å². The van der Waals surface area contributed by atoms with Crippen LogP contribution in [0.1, 0.15) is 11.6 Å². The molecule has 1 fully saturated rings. The zero-order valence-corrected chi connectivity index (χ0v) is 16.5. The number of carbonyl (C=O) groups is 1. The summed E-state index contributed by atoms with van der Waals surface area (Å²) in [5.74, 6) is 1.21. The summed E-state index contributed by atoms with van der Waals surface area (Å²) >= 11 is 1.31. The second-order valence-corrected chi connectivity index (χ2v) is 7.31. The third-order valence-corrected chi connectivity index (χ3v) is 5.41. The molecule has 0 radical (unpaired) electrons. The zero-order chi connectivity index (χ0) is 20.2. The number of para-hydroxylation sites is 1. The van der Waals surface area contributed by atoms with Crippen LogP contribution in [-0.2, 0) is 4.79 Å². The molecule has 0 aliphatic carbocycles. The van der Waals surface area contributed by atoms with Gasteiger partial charge in [0.1, 0.15) is 6.07 Å². The monoisotopic (exact) mass is 410 g/mol. The Labute approximate surface area is 171 Å². The van der Waals surface area contributed by atoms with Crippen LogP contribution in [0.25, 0.3) is 5.69 Å². The minimum Gasteiger partial charge on any atom is -0.424 e. The van der Waals surface area contributed by atoms with Gasteiger partial charge in [-0.2, -0.15) is 9.94 Å². The fraction of sp³-hybridized carbons (Fsp3) is 0.333. The second kappa shape index (κ2) is 8.32. The molecule has 1 aliphatic rings. The molecule has 29 heavy (non-hydrogen) atoms. The van der Waals surface area contributed by atoms with Gasteiger partial charge in [0.25, 0.3) is 0 Å². The van der Waals surface area contributed by atoms with Gasteiger partial charge in [-0.3, -0.25) is 4.79 Å². The number of benzene rings is 1. The number of thioether (sulfide) groups is 1. The Morgan fingerprint density at radius 1 is 1.24 bits per heavy atom. The Hall–Kier alpha value is -3.39. The fourth-order valence-corrected chi connectivity index (χ4v) is 3.87. The number of aryl methyl sites for hydroxylation is 1. The van der Waals surface area contributed by atoms with Crippen molar-refractivity contribution < 1.29 is 9.21 Å². The van der Waals surface area contributed by atoms with E-state index >= 15 is 0 Å². The number of aromatic nitrogens is 5. The summed E-state index contributed by atoms with van der Waals surface area (Å²) in [6.07, 6.45) is 0. The Morgan fingerprint density at radius 3 is 2.72 bits per heavy atom. The van der Waals surface area contributed by atoms with Crippen molar-refractivity contribution in [1.29, 1.82) is 5.26 Å². The van der Waals surface area contributed by atoms with E-state index in [1.807, 2.05) is 35.2 Å². The number of carbonyl (C=O) groups excluding carboxylic acids is 1. The number of rotatable bonds is 5. The molecule has 1 saturated heterocycles. The lowest BCUT2D eigenvalue weighted by Gasteiger charge is -2.34. The van der Waals surface area contributed by atoms with Gasteiger partial charge >= 0.3 is 0 Å². The van der Waals surface area contributed by atoms with Crippen LogP contribution < -0.4 is 4.90 Å². The first-order valence-electron chi connectivity index (χ1n) is 9.02. The fourth-order valence-electron chi connectivity index (χ4n) is 3.08. The number of tetrazole rings is 1. The first-order chi connectivity index (χ1) is 14.2. The van der Waals surface area contributed by atoms with Gasteiger partial charge in [0.15, 0.2) is 5.89 Å². The minimum atomic E-state index is 0.0199. The molecule has 2 aromatic heterocycles. The van der Waals surface area contributed by atoms with Gasteiger partial charge in [-0.25, -0.2) is 4.98 Å². The molecule has 4 rings (SSSR count). The number of anilines is 1. The Bertz CT molecular complexity index is 1030. The number of amides is 1. The maximum atomic E-state index is 12.6. The summed E-state index contributed by atoms with van der Waals surface area (Å²) in [4.78, 5) is 20.5. The first-order valence-corrected chi connectivity index (χ1v) is 10.0. The average molecular weight is 410 g/mol. The quantitative estimate of drug-likeness (QED) is 0.573. The third kappa shape index (κ3) is 4.07. The molecule has 1 aromatic carbocycles. The van der Waals surface area contributed by atoms with Crippen molar-refractivity contribution in [3.05, 3.63) is 41.9 Å². The van der Waals surface area contributed by atoms with E-state index in [-0.39, 0.29) is 17.4 Å². The molecule has 148 valence electrons. The molecule has 11 heteroatoms. The number of nitriles is 1. The number of nitrogens with zero attached hydrogens (tertiary/aromatic N) is 8. The van der Waals surface area contributed by atoms with Crippen LogP contribution in [0, 0.1) is 18.3 Å². The summed E-state index contributed by atoms with van der Waals surface area (Å²) in [5, 5.41) is 21.5. The lowest BCUT2D eigenvalue weighted by molar-refractivity contribution is -0.128. The predicted octanol–water partition coefficient (Wildman–Crippen LogP) is 1.27. The maximum Gasteiger partial charge on any atom is 0.234 e. The molecule has 3 heterocycles. The molecule has 1 amide bonds. The smallest absolute Gasteiger partial charge is 0.234 e. The van der Waals surface area contributed by atoms with Crippen molar-refractivity contribution in [3.8, 4) is 11.8 Å². The van der Waals surface area contributed by atoms with E-state index in [1.54, 1.807) is 16.5 Å². The van der Waals surface area contributed by atoms with Crippen molar-refractivity contribution in [2.75, 3.05) is 36.8 Å². The molecule has 0 saturated carbocycles. The highest BCUT2D eigenvalue weighted by Gasteiger charge is 2.26. The molecule has 0 bridgehead atoms. The largest absolute Gasteiger partial charge is 0.424 e. The van der Waals surface area contributed by atoms with Crippen molar-refractivity contribution in [2.24, 2.45) is 0 Å². The standard InChI is InChI=1S/C18H18N8O2S/c1-13-20-15(11-19)17(28-13)25-9-7-24(8-10-25)16(27)12-29-18-21-22-23-26(18)14-5-3-2-4-6-14/h2-6H,7-10,12H2,1H3. The summed E-state index contributed by atoms with van der Waals surface area (Å²) in [7, 11) is 0. The van der Waals surface area contributed by atoms with Gasteiger partial charge in [-0.05, 0) is 22.6 Å². The Morgan fingerprint density at radius 2 is 2.00 bits per heavy atom. The summed E-state index contributed by atoms with van der Waals surface area (Å²) in [6.45, 7) is 3.98. The first kappa shape index (κ1) is 18.9. The number of hydrogen-bond donors (Lipinski definition) is 0. The molecule has 1 aliphatic heterocycles. The molecule has 3 aromatic rings. The van der Waals surface area contributed by atoms with Gasteiger partial charge < -0.3 is 14.2 Å². The lowest BCUT2D eigenvalue weighted by atomic mass is 10.3. The third-order valence-electron chi connectivity index (χ3n) is 4.51. The molecular formula is C18H18N8O2S. The summed E-state index contributed by atoms with van der Waals surface area (Å²) in [6, 6.07) is 11.6. The van der Waals surface area contributed by atoms with E-state index in [4.69, 9.17) is 4.42 Å².